The molecule has 1 fully saturated rings. The van der Waals surface area contributed by atoms with Gasteiger partial charge in [-0.1, -0.05) is 6.07 Å². The summed E-state index contributed by atoms with van der Waals surface area (Å²) in [5, 5.41) is 0. The highest BCUT2D eigenvalue weighted by Crippen LogP contribution is 2.31. The highest BCUT2D eigenvalue weighted by Gasteiger charge is 2.19. The molecule has 1 amide bonds. The molecule has 1 aliphatic heterocycles. The number of likely N-dealkylation sites (tertiary alicyclic amines) is 1. The summed E-state index contributed by atoms with van der Waals surface area (Å²) in [6, 6.07) is 13.2. The molecule has 0 unspecified atom stereocenters. The van der Waals surface area contributed by atoms with Gasteiger partial charge in [-0.3, -0.25) is 4.79 Å². The minimum absolute atomic E-state index is 0.176. The molecular weight excluding hydrogens is 366 g/mol. The second-order valence-electron chi connectivity index (χ2n) is 7.32. The van der Waals surface area contributed by atoms with E-state index in [4.69, 9.17) is 18.8 Å². The molecule has 0 bridgehead atoms. The van der Waals surface area contributed by atoms with Crippen molar-refractivity contribution in [3.63, 3.8) is 0 Å². The lowest BCUT2D eigenvalue weighted by atomic mass is 10.1. The van der Waals surface area contributed by atoms with Gasteiger partial charge in [-0.15, -0.1) is 0 Å². The third-order valence-electron chi connectivity index (χ3n) is 5.30. The number of carbonyl (C=O) groups excluding carboxylic acids is 1. The van der Waals surface area contributed by atoms with E-state index in [1.165, 1.54) is 6.42 Å². The number of hydrogen-bond donors (Lipinski definition) is 0. The van der Waals surface area contributed by atoms with Gasteiger partial charge in [0.15, 0.2) is 11.5 Å². The second kappa shape index (κ2) is 7.54. The third-order valence-corrected chi connectivity index (χ3v) is 5.30. The maximum absolute atomic E-state index is 12.6. The summed E-state index contributed by atoms with van der Waals surface area (Å²) in [7, 11) is 0. The van der Waals surface area contributed by atoms with Crippen LogP contribution in [0.15, 0.2) is 63.8 Å². The summed E-state index contributed by atoms with van der Waals surface area (Å²) in [6.45, 7) is 1.72. The summed E-state index contributed by atoms with van der Waals surface area (Å²) >= 11 is 0. The Morgan fingerprint density at radius 2 is 1.52 bits per heavy atom. The molecule has 5 rings (SSSR count). The SMILES string of the molecule is O=C(Cc1ccc2nc(-c3ccco3)c(-c3ccco3)nc2c1)N1CCCCC1. The summed E-state index contributed by atoms with van der Waals surface area (Å²) in [4.78, 5) is 24.2. The zero-order valence-corrected chi connectivity index (χ0v) is 16.0. The first-order chi connectivity index (χ1) is 14.3. The van der Waals surface area contributed by atoms with Gasteiger partial charge in [0.05, 0.1) is 30.0 Å². The van der Waals surface area contributed by atoms with E-state index < -0.39 is 0 Å². The van der Waals surface area contributed by atoms with Crippen LogP contribution in [0.25, 0.3) is 33.9 Å². The van der Waals surface area contributed by atoms with Crippen LogP contribution in [0.2, 0.25) is 0 Å². The zero-order chi connectivity index (χ0) is 19.6. The first-order valence-electron chi connectivity index (χ1n) is 9.94. The van der Waals surface area contributed by atoms with Crippen molar-refractivity contribution in [1.82, 2.24) is 14.9 Å². The van der Waals surface area contributed by atoms with Crippen LogP contribution in [0, 0.1) is 0 Å². The molecule has 0 radical (unpaired) electrons. The molecule has 29 heavy (non-hydrogen) atoms. The fourth-order valence-electron chi connectivity index (χ4n) is 3.81. The number of benzene rings is 1. The van der Waals surface area contributed by atoms with Gasteiger partial charge in [0.25, 0.3) is 0 Å². The number of piperidine rings is 1. The van der Waals surface area contributed by atoms with Crippen molar-refractivity contribution in [2.45, 2.75) is 25.7 Å². The van der Waals surface area contributed by atoms with Crippen LogP contribution in [-0.4, -0.2) is 33.9 Å². The van der Waals surface area contributed by atoms with Gasteiger partial charge in [0.2, 0.25) is 5.91 Å². The Morgan fingerprint density at radius 1 is 0.862 bits per heavy atom. The van der Waals surface area contributed by atoms with Crippen LogP contribution in [0.3, 0.4) is 0 Å². The molecule has 1 aromatic carbocycles. The number of furan rings is 2. The Balaban J connectivity index is 1.52. The maximum Gasteiger partial charge on any atom is 0.226 e. The predicted octanol–water partition coefficient (Wildman–Crippen LogP) is 4.70. The Morgan fingerprint density at radius 3 is 2.14 bits per heavy atom. The molecule has 4 aromatic rings. The number of rotatable bonds is 4. The molecule has 0 aliphatic carbocycles. The fraction of sp³-hybridized carbons (Fsp3) is 0.261. The smallest absolute Gasteiger partial charge is 0.226 e. The van der Waals surface area contributed by atoms with Crippen LogP contribution in [-0.2, 0) is 11.2 Å². The van der Waals surface area contributed by atoms with Gasteiger partial charge in [-0.05, 0) is 61.2 Å². The van der Waals surface area contributed by atoms with Gasteiger partial charge in [0.1, 0.15) is 11.4 Å². The van der Waals surface area contributed by atoms with Crippen molar-refractivity contribution in [2.24, 2.45) is 0 Å². The maximum atomic E-state index is 12.6. The Labute approximate surface area is 168 Å². The Kier molecular flexibility index (Phi) is 4.60. The average molecular weight is 387 g/mol. The van der Waals surface area contributed by atoms with Crippen molar-refractivity contribution < 1.29 is 13.6 Å². The number of amides is 1. The average Bonchev–Trinajstić information content (AvgIpc) is 3.47. The molecule has 0 N–H and O–H groups in total. The molecule has 0 spiro atoms. The van der Waals surface area contributed by atoms with Gasteiger partial charge in [-0.25, -0.2) is 9.97 Å². The van der Waals surface area contributed by atoms with Crippen LogP contribution >= 0.6 is 0 Å². The highest BCUT2D eigenvalue weighted by molar-refractivity contribution is 5.85. The lowest BCUT2D eigenvalue weighted by Gasteiger charge is -2.26. The van der Waals surface area contributed by atoms with Gasteiger partial charge < -0.3 is 13.7 Å². The van der Waals surface area contributed by atoms with E-state index in [2.05, 4.69) is 0 Å². The Hall–Kier alpha value is -3.41. The van der Waals surface area contributed by atoms with Crippen LogP contribution in [0.1, 0.15) is 24.8 Å². The van der Waals surface area contributed by atoms with E-state index in [-0.39, 0.29) is 5.91 Å². The third kappa shape index (κ3) is 3.53. The standard InChI is InChI=1S/C23H21N3O3/c27-21(26-10-2-1-3-11-26)15-16-8-9-17-18(14-16)25-23(20-7-5-13-29-20)22(24-17)19-6-4-12-28-19/h4-9,12-14H,1-3,10-11,15H2. The summed E-state index contributed by atoms with van der Waals surface area (Å²) in [5.74, 6) is 1.44. The number of fused-ring (bicyclic) bond motifs is 1. The van der Waals surface area contributed by atoms with E-state index in [9.17, 15) is 4.79 Å². The minimum Gasteiger partial charge on any atom is -0.463 e. The van der Waals surface area contributed by atoms with Crippen molar-refractivity contribution in [3.8, 4) is 22.9 Å². The first kappa shape index (κ1) is 17.7. The second-order valence-corrected chi connectivity index (χ2v) is 7.32. The van der Waals surface area contributed by atoms with Crippen molar-refractivity contribution in [3.05, 3.63) is 60.6 Å². The van der Waals surface area contributed by atoms with E-state index in [1.807, 2.05) is 47.4 Å². The topological polar surface area (TPSA) is 72.4 Å². The van der Waals surface area contributed by atoms with Crippen molar-refractivity contribution in [2.75, 3.05) is 13.1 Å². The molecule has 146 valence electrons. The highest BCUT2D eigenvalue weighted by atomic mass is 16.3. The summed E-state index contributed by atoms with van der Waals surface area (Å²) < 4.78 is 11.1. The van der Waals surface area contributed by atoms with Crippen molar-refractivity contribution in [1.29, 1.82) is 0 Å². The number of hydrogen-bond acceptors (Lipinski definition) is 5. The monoisotopic (exact) mass is 387 g/mol. The quantitative estimate of drug-likeness (QED) is 0.507. The van der Waals surface area contributed by atoms with Crippen molar-refractivity contribution >= 4 is 16.9 Å². The van der Waals surface area contributed by atoms with Gasteiger partial charge >= 0.3 is 0 Å². The zero-order valence-electron chi connectivity index (χ0n) is 16.0. The number of nitrogens with zero attached hydrogens (tertiary/aromatic N) is 3. The molecule has 3 aromatic heterocycles. The molecular formula is C23H21N3O3. The molecule has 6 heteroatoms. The largest absolute Gasteiger partial charge is 0.463 e. The van der Waals surface area contributed by atoms with Gasteiger partial charge in [0, 0.05) is 13.1 Å². The lowest BCUT2D eigenvalue weighted by molar-refractivity contribution is -0.131. The molecule has 0 saturated carbocycles. The van der Waals surface area contributed by atoms with Crippen LogP contribution in [0.5, 0.6) is 0 Å². The lowest BCUT2D eigenvalue weighted by Crippen LogP contribution is -2.36. The summed E-state index contributed by atoms with van der Waals surface area (Å²) in [5.41, 5.74) is 3.68. The van der Waals surface area contributed by atoms with Crippen LogP contribution in [0.4, 0.5) is 0 Å². The van der Waals surface area contributed by atoms with Crippen LogP contribution < -0.4 is 0 Å². The fourth-order valence-corrected chi connectivity index (χ4v) is 3.81. The summed E-state index contributed by atoms with van der Waals surface area (Å²) in [6.07, 6.45) is 7.01. The van der Waals surface area contributed by atoms with E-state index in [0.717, 1.165) is 42.5 Å². The number of carbonyl (C=O) groups is 1. The molecule has 1 aliphatic rings. The molecule has 4 heterocycles. The Bertz CT molecular complexity index is 1130. The predicted molar refractivity (Wildman–Crippen MR) is 109 cm³/mol. The van der Waals surface area contributed by atoms with E-state index in [0.29, 0.717) is 29.3 Å². The first-order valence-corrected chi connectivity index (χ1v) is 9.94. The molecule has 0 atom stereocenters. The van der Waals surface area contributed by atoms with E-state index >= 15 is 0 Å². The normalized spacial score (nSPS) is 14.4. The molecule has 1 saturated heterocycles. The van der Waals surface area contributed by atoms with E-state index in [1.54, 1.807) is 12.5 Å². The van der Waals surface area contributed by atoms with Gasteiger partial charge in [-0.2, -0.15) is 0 Å². The molecule has 6 nitrogen and oxygen atoms in total. The minimum atomic E-state index is 0.176. The number of aromatic nitrogens is 2.